The SMILES string of the molecule is N#Cc1cc(F)ccc1NC1CCSCC1. The molecule has 0 aromatic heterocycles. The number of anilines is 1. The van der Waals surface area contributed by atoms with Crippen molar-refractivity contribution in [1.29, 1.82) is 5.26 Å². The van der Waals surface area contributed by atoms with Gasteiger partial charge in [-0.15, -0.1) is 0 Å². The number of hydrogen-bond donors (Lipinski definition) is 1. The first-order valence-electron chi connectivity index (χ1n) is 5.33. The molecule has 1 aromatic carbocycles. The van der Waals surface area contributed by atoms with Crippen LogP contribution in [0.2, 0.25) is 0 Å². The summed E-state index contributed by atoms with van der Waals surface area (Å²) in [5.74, 6) is 1.95. The number of hydrogen-bond acceptors (Lipinski definition) is 3. The molecule has 0 spiro atoms. The molecule has 1 aliphatic heterocycles. The second kappa shape index (κ2) is 5.22. The van der Waals surface area contributed by atoms with Crippen molar-refractivity contribution in [2.45, 2.75) is 18.9 Å². The number of thioether (sulfide) groups is 1. The largest absolute Gasteiger partial charge is 0.381 e. The normalized spacial score (nSPS) is 16.8. The van der Waals surface area contributed by atoms with Gasteiger partial charge >= 0.3 is 0 Å². The molecule has 0 radical (unpaired) electrons. The molecular formula is C12H13FN2S. The van der Waals surface area contributed by atoms with Crippen LogP contribution in [0.3, 0.4) is 0 Å². The van der Waals surface area contributed by atoms with Gasteiger partial charge in [-0.3, -0.25) is 0 Å². The number of benzene rings is 1. The van der Waals surface area contributed by atoms with Crippen LogP contribution < -0.4 is 5.32 Å². The Bertz CT molecular complexity index is 408. The average molecular weight is 236 g/mol. The lowest BCUT2D eigenvalue weighted by atomic mass is 10.1. The van der Waals surface area contributed by atoms with Crippen molar-refractivity contribution < 1.29 is 4.39 Å². The third-order valence-electron chi connectivity index (χ3n) is 2.68. The summed E-state index contributed by atoms with van der Waals surface area (Å²) in [5.41, 5.74) is 1.14. The van der Waals surface area contributed by atoms with Crippen LogP contribution in [0, 0.1) is 17.1 Å². The van der Waals surface area contributed by atoms with Crippen LogP contribution in [0.4, 0.5) is 10.1 Å². The van der Waals surface area contributed by atoms with E-state index in [2.05, 4.69) is 5.32 Å². The number of nitrogens with zero attached hydrogens (tertiary/aromatic N) is 1. The minimum absolute atomic E-state index is 0.360. The lowest BCUT2D eigenvalue weighted by molar-refractivity contribution is 0.626. The van der Waals surface area contributed by atoms with Gasteiger partial charge in [-0.1, -0.05) is 0 Å². The van der Waals surface area contributed by atoms with Gasteiger partial charge in [-0.2, -0.15) is 17.0 Å². The first-order valence-corrected chi connectivity index (χ1v) is 6.49. The predicted molar refractivity (Wildman–Crippen MR) is 65.1 cm³/mol. The van der Waals surface area contributed by atoms with Gasteiger partial charge < -0.3 is 5.32 Å². The van der Waals surface area contributed by atoms with Gasteiger partial charge in [0.2, 0.25) is 0 Å². The van der Waals surface area contributed by atoms with Crippen molar-refractivity contribution in [1.82, 2.24) is 0 Å². The van der Waals surface area contributed by atoms with Gasteiger partial charge in [0.1, 0.15) is 11.9 Å². The van der Waals surface area contributed by atoms with E-state index in [1.54, 1.807) is 6.07 Å². The number of rotatable bonds is 2. The molecular weight excluding hydrogens is 223 g/mol. The molecule has 0 aliphatic carbocycles. The fourth-order valence-corrected chi connectivity index (χ4v) is 2.90. The van der Waals surface area contributed by atoms with E-state index < -0.39 is 0 Å². The molecule has 16 heavy (non-hydrogen) atoms. The quantitative estimate of drug-likeness (QED) is 0.857. The standard InChI is InChI=1S/C12H13FN2S/c13-10-1-2-12(9(7-10)8-14)15-11-3-5-16-6-4-11/h1-2,7,11,15H,3-6H2. The van der Waals surface area contributed by atoms with E-state index in [0.717, 1.165) is 30.0 Å². The maximum absolute atomic E-state index is 12.9. The molecule has 2 rings (SSSR count). The van der Waals surface area contributed by atoms with E-state index in [9.17, 15) is 4.39 Å². The highest BCUT2D eigenvalue weighted by molar-refractivity contribution is 7.99. The van der Waals surface area contributed by atoms with Crippen LogP contribution >= 0.6 is 11.8 Å². The van der Waals surface area contributed by atoms with Crippen LogP contribution in [-0.4, -0.2) is 17.5 Å². The molecule has 0 bridgehead atoms. The molecule has 1 aliphatic rings. The maximum atomic E-state index is 12.9. The van der Waals surface area contributed by atoms with Crippen molar-refractivity contribution in [3.05, 3.63) is 29.6 Å². The molecule has 0 saturated carbocycles. The van der Waals surface area contributed by atoms with Gasteiger partial charge in [-0.25, -0.2) is 4.39 Å². The fraction of sp³-hybridized carbons (Fsp3) is 0.417. The topological polar surface area (TPSA) is 35.8 Å². The minimum Gasteiger partial charge on any atom is -0.381 e. The molecule has 2 nitrogen and oxygen atoms in total. The molecule has 4 heteroatoms. The molecule has 0 unspecified atom stereocenters. The van der Waals surface area contributed by atoms with Crippen LogP contribution in [0.25, 0.3) is 0 Å². The summed E-state index contributed by atoms with van der Waals surface area (Å²) < 4.78 is 12.9. The first-order chi connectivity index (χ1) is 7.79. The first kappa shape index (κ1) is 11.3. The number of halogens is 1. The lowest BCUT2D eigenvalue weighted by Gasteiger charge is -2.24. The van der Waals surface area contributed by atoms with E-state index in [4.69, 9.17) is 5.26 Å². The number of nitrogens with one attached hydrogen (secondary N) is 1. The summed E-state index contributed by atoms with van der Waals surface area (Å²) in [6.45, 7) is 0. The third kappa shape index (κ3) is 2.67. The summed E-state index contributed by atoms with van der Waals surface area (Å²) >= 11 is 1.96. The molecule has 1 saturated heterocycles. The Balaban J connectivity index is 2.11. The van der Waals surface area contributed by atoms with E-state index in [1.165, 1.54) is 12.1 Å². The Hall–Kier alpha value is -1.21. The zero-order valence-electron chi connectivity index (χ0n) is 8.87. The van der Waals surface area contributed by atoms with E-state index in [-0.39, 0.29) is 5.82 Å². The summed E-state index contributed by atoms with van der Waals surface area (Å²) in [4.78, 5) is 0. The zero-order valence-corrected chi connectivity index (χ0v) is 9.69. The van der Waals surface area contributed by atoms with Crippen molar-refractivity contribution in [3.8, 4) is 6.07 Å². The van der Waals surface area contributed by atoms with Crippen LogP contribution in [-0.2, 0) is 0 Å². The van der Waals surface area contributed by atoms with Crippen molar-refractivity contribution >= 4 is 17.4 Å². The molecule has 1 N–H and O–H groups in total. The Morgan fingerprint density at radius 1 is 1.38 bits per heavy atom. The zero-order chi connectivity index (χ0) is 11.4. The summed E-state index contributed by atoms with van der Waals surface area (Å²) in [6, 6.07) is 6.75. The summed E-state index contributed by atoms with van der Waals surface area (Å²) in [6.07, 6.45) is 2.21. The van der Waals surface area contributed by atoms with E-state index >= 15 is 0 Å². The Kier molecular flexibility index (Phi) is 3.68. The van der Waals surface area contributed by atoms with Gasteiger partial charge in [0.05, 0.1) is 11.3 Å². The van der Waals surface area contributed by atoms with Crippen LogP contribution in [0.5, 0.6) is 0 Å². The van der Waals surface area contributed by atoms with E-state index in [0.29, 0.717) is 11.6 Å². The Morgan fingerprint density at radius 3 is 2.81 bits per heavy atom. The smallest absolute Gasteiger partial charge is 0.124 e. The fourth-order valence-electron chi connectivity index (χ4n) is 1.80. The Morgan fingerprint density at radius 2 is 2.12 bits per heavy atom. The highest BCUT2D eigenvalue weighted by Crippen LogP contribution is 2.23. The lowest BCUT2D eigenvalue weighted by Crippen LogP contribution is -2.24. The highest BCUT2D eigenvalue weighted by atomic mass is 32.2. The van der Waals surface area contributed by atoms with Gasteiger partial charge in [-0.05, 0) is 42.5 Å². The van der Waals surface area contributed by atoms with Crippen LogP contribution in [0.1, 0.15) is 18.4 Å². The van der Waals surface area contributed by atoms with Gasteiger partial charge in [0.25, 0.3) is 0 Å². The summed E-state index contributed by atoms with van der Waals surface area (Å²) in [5, 5.41) is 12.2. The molecule has 1 fully saturated rings. The monoisotopic (exact) mass is 236 g/mol. The predicted octanol–water partition coefficient (Wildman–Crippen LogP) is 3.00. The maximum Gasteiger partial charge on any atom is 0.124 e. The molecule has 1 heterocycles. The van der Waals surface area contributed by atoms with E-state index in [1.807, 2.05) is 17.8 Å². The second-order valence-corrected chi connectivity index (χ2v) is 5.06. The molecule has 0 amide bonds. The minimum atomic E-state index is -0.360. The number of nitriles is 1. The third-order valence-corrected chi connectivity index (χ3v) is 3.73. The molecule has 1 aromatic rings. The molecule has 84 valence electrons. The summed E-state index contributed by atoms with van der Waals surface area (Å²) in [7, 11) is 0. The second-order valence-electron chi connectivity index (χ2n) is 3.83. The Labute approximate surface area is 98.8 Å². The van der Waals surface area contributed by atoms with Gasteiger partial charge in [0.15, 0.2) is 0 Å². The molecule has 0 atom stereocenters. The van der Waals surface area contributed by atoms with Crippen molar-refractivity contribution in [2.75, 3.05) is 16.8 Å². The average Bonchev–Trinajstić information content (AvgIpc) is 2.33. The van der Waals surface area contributed by atoms with Gasteiger partial charge in [0, 0.05) is 6.04 Å². The highest BCUT2D eigenvalue weighted by Gasteiger charge is 2.14. The van der Waals surface area contributed by atoms with Crippen molar-refractivity contribution in [2.24, 2.45) is 0 Å². The van der Waals surface area contributed by atoms with Crippen molar-refractivity contribution in [3.63, 3.8) is 0 Å². The van der Waals surface area contributed by atoms with Crippen LogP contribution in [0.15, 0.2) is 18.2 Å².